The van der Waals surface area contributed by atoms with Gasteiger partial charge >= 0.3 is 6.03 Å². The SMILES string of the molecule is CN(Cc1ccco1)C(=O)CN1C(=O)NC(C)(c2cc(F)ccc2F)C1=O. The molecule has 1 aromatic heterocycles. The van der Waals surface area contributed by atoms with Crippen molar-refractivity contribution >= 4 is 17.8 Å². The van der Waals surface area contributed by atoms with E-state index in [1.165, 1.54) is 25.1 Å². The van der Waals surface area contributed by atoms with Gasteiger partial charge in [-0.25, -0.2) is 13.6 Å². The van der Waals surface area contributed by atoms with Gasteiger partial charge in [-0.1, -0.05) is 0 Å². The number of amides is 4. The highest BCUT2D eigenvalue weighted by atomic mass is 19.1. The first-order valence-corrected chi connectivity index (χ1v) is 8.08. The summed E-state index contributed by atoms with van der Waals surface area (Å²) < 4.78 is 32.8. The zero-order valence-corrected chi connectivity index (χ0v) is 14.7. The number of imide groups is 1. The van der Waals surface area contributed by atoms with Crippen LogP contribution < -0.4 is 5.32 Å². The van der Waals surface area contributed by atoms with E-state index in [1.807, 2.05) is 0 Å². The molecule has 4 amide bonds. The topological polar surface area (TPSA) is 82.9 Å². The molecule has 142 valence electrons. The van der Waals surface area contributed by atoms with Crippen LogP contribution in [-0.2, 0) is 21.7 Å². The lowest BCUT2D eigenvalue weighted by Crippen LogP contribution is -2.44. The Balaban J connectivity index is 1.77. The van der Waals surface area contributed by atoms with E-state index >= 15 is 0 Å². The summed E-state index contributed by atoms with van der Waals surface area (Å²) >= 11 is 0. The number of furan rings is 1. The number of likely N-dealkylation sites (N-methyl/N-ethyl adjacent to an activating group) is 1. The minimum absolute atomic E-state index is 0.158. The minimum atomic E-state index is -1.80. The average Bonchev–Trinajstić information content (AvgIpc) is 3.20. The van der Waals surface area contributed by atoms with Crippen molar-refractivity contribution in [2.45, 2.75) is 19.0 Å². The van der Waals surface area contributed by atoms with Crippen molar-refractivity contribution in [2.75, 3.05) is 13.6 Å². The van der Waals surface area contributed by atoms with E-state index in [1.54, 1.807) is 12.1 Å². The van der Waals surface area contributed by atoms with E-state index in [9.17, 15) is 23.2 Å². The third-order valence-electron chi connectivity index (χ3n) is 4.43. The first kappa shape index (κ1) is 18.6. The third-order valence-corrected chi connectivity index (χ3v) is 4.43. The maximum Gasteiger partial charge on any atom is 0.325 e. The van der Waals surface area contributed by atoms with Crippen molar-refractivity contribution in [1.29, 1.82) is 0 Å². The van der Waals surface area contributed by atoms with Crippen LogP contribution in [0.1, 0.15) is 18.2 Å². The van der Waals surface area contributed by atoms with Gasteiger partial charge in [-0.15, -0.1) is 0 Å². The standard InChI is InChI=1S/C18H17F2N3O4/c1-18(13-8-11(19)5-6-14(13)20)16(25)23(17(26)21-18)10-15(24)22(2)9-12-4-3-7-27-12/h3-8H,9-10H2,1-2H3,(H,21,26). The molecule has 27 heavy (non-hydrogen) atoms. The van der Waals surface area contributed by atoms with E-state index in [0.29, 0.717) is 10.7 Å². The van der Waals surface area contributed by atoms with E-state index in [2.05, 4.69) is 5.32 Å². The fraction of sp³-hybridized carbons (Fsp3) is 0.278. The van der Waals surface area contributed by atoms with Crippen LogP contribution in [-0.4, -0.2) is 41.2 Å². The second kappa shape index (κ2) is 6.82. The van der Waals surface area contributed by atoms with E-state index in [0.717, 1.165) is 18.2 Å². The smallest absolute Gasteiger partial charge is 0.325 e. The maximum absolute atomic E-state index is 14.1. The van der Waals surface area contributed by atoms with Gasteiger partial charge in [-0.3, -0.25) is 14.5 Å². The Morgan fingerprint density at radius 3 is 2.70 bits per heavy atom. The van der Waals surface area contributed by atoms with Gasteiger partial charge in [0.15, 0.2) is 0 Å². The molecule has 2 heterocycles. The number of carbonyl (C=O) groups excluding carboxylic acids is 3. The van der Waals surface area contributed by atoms with Gasteiger partial charge in [-0.2, -0.15) is 0 Å². The maximum atomic E-state index is 14.1. The van der Waals surface area contributed by atoms with E-state index < -0.39 is 41.6 Å². The summed E-state index contributed by atoms with van der Waals surface area (Å²) in [6.45, 7) is 0.891. The molecule has 0 radical (unpaired) electrons. The van der Waals surface area contributed by atoms with Crippen molar-refractivity contribution in [3.05, 3.63) is 59.6 Å². The highest BCUT2D eigenvalue weighted by Gasteiger charge is 2.51. The number of halogens is 2. The molecule has 2 aromatic rings. The van der Waals surface area contributed by atoms with Crippen molar-refractivity contribution in [3.8, 4) is 0 Å². The molecule has 9 heteroatoms. The molecule has 1 unspecified atom stereocenters. The molecular weight excluding hydrogens is 360 g/mol. The van der Waals surface area contributed by atoms with Crippen LogP contribution in [0.3, 0.4) is 0 Å². The molecule has 0 spiro atoms. The van der Waals surface area contributed by atoms with Gasteiger partial charge in [0.05, 0.1) is 12.8 Å². The van der Waals surface area contributed by atoms with Crippen molar-refractivity contribution in [2.24, 2.45) is 0 Å². The molecule has 0 saturated carbocycles. The summed E-state index contributed by atoms with van der Waals surface area (Å²) in [5.41, 5.74) is -2.11. The molecule has 1 aliphatic heterocycles. The van der Waals surface area contributed by atoms with Gasteiger partial charge in [0.2, 0.25) is 5.91 Å². The third kappa shape index (κ3) is 3.40. The zero-order chi connectivity index (χ0) is 19.8. The number of urea groups is 1. The fourth-order valence-electron chi connectivity index (χ4n) is 2.88. The van der Waals surface area contributed by atoms with Crippen LogP contribution in [0.2, 0.25) is 0 Å². The van der Waals surface area contributed by atoms with Crippen LogP contribution >= 0.6 is 0 Å². The average molecular weight is 377 g/mol. The monoisotopic (exact) mass is 377 g/mol. The molecular formula is C18H17F2N3O4. The second-order valence-electron chi connectivity index (χ2n) is 6.40. The number of nitrogens with one attached hydrogen (secondary N) is 1. The largest absolute Gasteiger partial charge is 0.467 e. The zero-order valence-electron chi connectivity index (χ0n) is 14.7. The summed E-state index contributed by atoms with van der Waals surface area (Å²) in [5, 5.41) is 2.35. The number of hydrogen-bond acceptors (Lipinski definition) is 4. The highest BCUT2D eigenvalue weighted by molar-refractivity contribution is 6.09. The van der Waals surface area contributed by atoms with Crippen molar-refractivity contribution in [1.82, 2.24) is 15.1 Å². The van der Waals surface area contributed by atoms with Crippen LogP contribution in [0, 0.1) is 11.6 Å². The Labute approximate surface area is 153 Å². The number of rotatable bonds is 5. The molecule has 1 fully saturated rings. The summed E-state index contributed by atoms with van der Waals surface area (Å²) in [6, 6.07) is 5.13. The van der Waals surface area contributed by atoms with Gasteiger partial charge < -0.3 is 14.6 Å². The summed E-state index contributed by atoms with van der Waals surface area (Å²) in [4.78, 5) is 39.3. The predicted molar refractivity (Wildman–Crippen MR) is 89.1 cm³/mol. The van der Waals surface area contributed by atoms with Gasteiger partial charge in [0.25, 0.3) is 5.91 Å². The molecule has 7 nitrogen and oxygen atoms in total. The Bertz CT molecular complexity index is 900. The number of carbonyl (C=O) groups is 3. The van der Waals surface area contributed by atoms with Crippen LogP contribution in [0.15, 0.2) is 41.0 Å². The van der Waals surface area contributed by atoms with Crippen molar-refractivity contribution < 1.29 is 27.6 Å². The quantitative estimate of drug-likeness (QED) is 0.808. The highest BCUT2D eigenvalue weighted by Crippen LogP contribution is 2.31. The minimum Gasteiger partial charge on any atom is -0.467 e. The van der Waals surface area contributed by atoms with Gasteiger partial charge in [0.1, 0.15) is 29.5 Å². The molecule has 1 atom stereocenters. The molecule has 0 aliphatic carbocycles. The normalized spacial score (nSPS) is 19.3. The van der Waals surface area contributed by atoms with E-state index in [-0.39, 0.29) is 12.1 Å². The van der Waals surface area contributed by atoms with E-state index in [4.69, 9.17) is 4.42 Å². The van der Waals surface area contributed by atoms with Crippen LogP contribution in [0.25, 0.3) is 0 Å². The first-order chi connectivity index (χ1) is 12.7. The summed E-state index contributed by atoms with van der Waals surface area (Å²) in [6.07, 6.45) is 1.46. The molecule has 1 aliphatic rings. The lowest BCUT2D eigenvalue weighted by Gasteiger charge is -2.23. The Morgan fingerprint density at radius 2 is 2.04 bits per heavy atom. The van der Waals surface area contributed by atoms with Crippen LogP contribution in [0.5, 0.6) is 0 Å². The lowest BCUT2D eigenvalue weighted by atomic mass is 9.91. The molecule has 1 saturated heterocycles. The first-order valence-electron chi connectivity index (χ1n) is 8.08. The lowest BCUT2D eigenvalue weighted by molar-refractivity contribution is -0.138. The molecule has 0 bridgehead atoms. The fourth-order valence-corrected chi connectivity index (χ4v) is 2.88. The summed E-state index contributed by atoms with van der Waals surface area (Å²) in [7, 11) is 1.49. The number of nitrogens with zero attached hydrogens (tertiary/aromatic N) is 2. The number of hydrogen-bond donors (Lipinski definition) is 1. The van der Waals surface area contributed by atoms with Gasteiger partial charge in [-0.05, 0) is 37.3 Å². The number of benzene rings is 1. The molecule has 3 rings (SSSR count). The van der Waals surface area contributed by atoms with Crippen LogP contribution in [0.4, 0.5) is 13.6 Å². The second-order valence-corrected chi connectivity index (χ2v) is 6.40. The molecule has 1 N–H and O–H groups in total. The summed E-state index contributed by atoms with van der Waals surface area (Å²) in [5.74, 6) is -2.40. The Hall–Kier alpha value is -3.23. The Kier molecular flexibility index (Phi) is 4.69. The molecule has 1 aromatic carbocycles. The Morgan fingerprint density at radius 1 is 1.30 bits per heavy atom. The van der Waals surface area contributed by atoms with Gasteiger partial charge in [0, 0.05) is 12.6 Å². The predicted octanol–water partition coefficient (Wildman–Crippen LogP) is 1.98. The van der Waals surface area contributed by atoms with Crippen molar-refractivity contribution in [3.63, 3.8) is 0 Å².